The highest BCUT2D eigenvalue weighted by atomic mass is 32.2. The lowest BCUT2D eigenvalue weighted by Crippen LogP contribution is -2.36. The molecule has 0 saturated heterocycles. The maximum absolute atomic E-state index is 12.8. The van der Waals surface area contributed by atoms with Crippen molar-refractivity contribution in [3.05, 3.63) is 59.7 Å². The minimum absolute atomic E-state index is 0.112. The van der Waals surface area contributed by atoms with Crippen molar-refractivity contribution < 1.29 is 18.4 Å². The zero-order valence-electron chi connectivity index (χ0n) is 16.0. The van der Waals surface area contributed by atoms with Crippen LogP contribution in [0.2, 0.25) is 0 Å². The summed E-state index contributed by atoms with van der Waals surface area (Å²) in [4.78, 5) is 26.7. The second-order valence-electron chi connectivity index (χ2n) is 6.34. The van der Waals surface area contributed by atoms with Crippen LogP contribution in [0.3, 0.4) is 0 Å². The number of rotatable bonds is 9. The molecule has 0 radical (unpaired) electrons. The van der Waals surface area contributed by atoms with Crippen LogP contribution in [0.1, 0.15) is 29.3 Å². The van der Waals surface area contributed by atoms with Crippen LogP contribution in [-0.2, 0) is 4.79 Å². The average Bonchev–Trinajstić information content (AvgIpc) is 2.67. The summed E-state index contributed by atoms with van der Waals surface area (Å²) < 4.78 is 25.6. The first-order valence-corrected chi connectivity index (χ1v) is 10.0. The summed E-state index contributed by atoms with van der Waals surface area (Å²) in [5, 5.41) is 2.80. The molecule has 2 amide bonds. The molecule has 0 atom stereocenters. The number of hydrogen-bond acceptors (Lipinski definition) is 3. The Balaban J connectivity index is 2.05. The van der Waals surface area contributed by atoms with E-state index in [9.17, 15) is 18.4 Å². The van der Waals surface area contributed by atoms with E-state index < -0.39 is 18.9 Å². The number of thioether (sulfide) groups is 1. The van der Waals surface area contributed by atoms with Crippen LogP contribution >= 0.6 is 11.8 Å². The number of nitrogens with one attached hydrogen (secondary N) is 1. The monoisotopic (exact) mass is 406 g/mol. The summed E-state index contributed by atoms with van der Waals surface area (Å²) in [5.74, 6) is -0.529. The fourth-order valence-corrected chi connectivity index (χ4v) is 3.47. The lowest BCUT2D eigenvalue weighted by atomic mass is 10.2. The van der Waals surface area contributed by atoms with Crippen molar-refractivity contribution in [2.75, 3.05) is 24.2 Å². The molecule has 1 N–H and O–H groups in total. The Bertz CT molecular complexity index is 797. The van der Waals surface area contributed by atoms with E-state index >= 15 is 0 Å². The Kier molecular flexibility index (Phi) is 8.44. The third kappa shape index (κ3) is 6.64. The molecule has 0 aliphatic heterocycles. The molecule has 0 fully saturated rings. The first kappa shape index (κ1) is 21.9. The van der Waals surface area contributed by atoms with Gasteiger partial charge in [-0.25, -0.2) is 8.78 Å². The predicted molar refractivity (Wildman–Crippen MR) is 109 cm³/mol. The van der Waals surface area contributed by atoms with E-state index in [1.807, 2.05) is 38.1 Å². The minimum Gasteiger partial charge on any atom is -0.333 e. The standard InChI is InChI=1S/C21H24F2N2O2S/c1-3-12-25(13-19(22)23)21(27)17-6-4-5-7-18(17)28-14-20(26)24-16-10-8-15(2)9-11-16/h4-11,19H,3,12-14H2,1-2H3,(H,24,26). The molecule has 4 nitrogen and oxygen atoms in total. The molecule has 0 bridgehead atoms. The summed E-state index contributed by atoms with van der Waals surface area (Å²) in [6.07, 6.45) is -2.00. The summed E-state index contributed by atoms with van der Waals surface area (Å²) in [6, 6.07) is 14.2. The molecular formula is C21H24F2N2O2S. The van der Waals surface area contributed by atoms with Gasteiger partial charge in [-0.3, -0.25) is 9.59 Å². The first-order chi connectivity index (χ1) is 13.4. The lowest BCUT2D eigenvalue weighted by molar-refractivity contribution is -0.113. The summed E-state index contributed by atoms with van der Waals surface area (Å²) in [5.41, 5.74) is 2.14. The van der Waals surface area contributed by atoms with Gasteiger partial charge in [0.05, 0.1) is 17.9 Å². The highest BCUT2D eigenvalue weighted by Crippen LogP contribution is 2.24. The van der Waals surface area contributed by atoms with Gasteiger partial charge in [-0.1, -0.05) is 36.8 Å². The second-order valence-corrected chi connectivity index (χ2v) is 7.36. The van der Waals surface area contributed by atoms with Gasteiger partial charge >= 0.3 is 0 Å². The second kappa shape index (κ2) is 10.8. The molecule has 0 saturated carbocycles. The predicted octanol–water partition coefficient (Wildman–Crippen LogP) is 4.84. The summed E-state index contributed by atoms with van der Waals surface area (Å²) in [6.45, 7) is 3.46. The number of carbonyl (C=O) groups excluding carboxylic acids is 2. The van der Waals surface area contributed by atoms with Crippen LogP contribution in [0.25, 0.3) is 0 Å². The van der Waals surface area contributed by atoms with E-state index in [1.54, 1.807) is 24.3 Å². The number of halogens is 2. The molecule has 28 heavy (non-hydrogen) atoms. The quantitative estimate of drug-likeness (QED) is 0.606. The molecule has 2 rings (SSSR count). The topological polar surface area (TPSA) is 49.4 Å². The minimum atomic E-state index is -2.59. The molecule has 0 unspecified atom stereocenters. The molecule has 0 aliphatic carbocycles. The third-order valence-electron chi connectivity index (χ3n) is 3.95. The number of benzene rings is 2. The molecule has 0 aliphatic rings. The fourth-order valence-electron chi connectivity index (χ4n) is 2.63. The fraction of sp³-hybridized carbons (Fsp3) is 0.333. The number of alkyl halides is 2. The Hall–Kier alpha value is -2.41. The van der Waals surface area contributed by atoms with Crippen molar-refractivity contribution >= 4 is 29.3 Å². The van der Waals surface area contributed by atoms with Gasteiger partial charge in [0.25, 0.3) is 12.3 Å². The van der Waals surface area contributed by atoms with Gasteiger partial charge in [0, 0.05) is 17.1 Å². The van der Waals surface area contributed by atoms with E-state index in [2.05, 4.69) is 5.32 Å². The smallest absolute Gasteiger partial charge is 0.255 e. The molecule has 0 spiro atoms. The van der Waals surface area contributed by atoms with Crippen LogP contribution in [-0.4, -0.2) is 42.0 Å². The van der Waals surface area contributed by atoms with Crippen LogP contribution < -0.4 is 5.32 Å². The molecule has 0 heterocycles. The highest BCUT2D eigenvalue weighted by molar-refractivity contribution is 8.00. The molecule has 2 aromatic rings. The van der Waals surface area contributed by atoms with E-state index in [-0.39, 0.29) is 18.2 Å². The SMILES string of the molecule is CCCN(CC(F)F)C(=O)c1ccccc1SCC(=O)Nc1ccc(C)cc1. The van der Waals surface area contributed by atoms with Crippen LogP contribution in [0.5, 0.6) is 0 Å². The number of aryl methyl sites for hydroxylation is 1. The lowest BCUT2D eigenvalue weighted by Gasteiger charge is -2.22. The molecule has 2 aromatic carbocycles. The van der Waals surface area contributed by atoms with Gasteiger partial charge in [0.15, 0.2) is 0 Å². The summed E-state index contributed by atoms with van der Waals surface area (Å²) in [7, 11) is 0. The van der Waals surface area contributed by atoms with E-state index in [0.29, 0.717) is 22.6 Å². The number of carbonyl (C=O) groups is 2. The molecular weight excluding hydrogens is 382 g/mol. The van der Waals surface area contributed by atoms with Crippen LogP contribution in [0, 0.1) is 6.92 Å². The van der Waals surface area contributed by atoms with Gasteiger partial charge < -0.3 is 10.2 Å². The van der Waals surface area contributed by atoms with Crippen molar-refractivity contribution in [2.24, 2.45) is 0 Å². The van der Waals surface area contributed by atoms with Crippen molar-refractivity contribution in [1.82, 2.24) is 4.90 Å². The molecule has 7 heteroatoms. The van der Waals surface area contributed by atoms with Crippen molar-refractivity contribution in [3.8, 4) is 0 Å². The average molecular weight is 406 g/mol. The normalized spacial score (nSPS) is 10.8. The maximum atomic E-state index is 12.8. The number of hydrogen-bond donors (Lipinski definition) is 1. The Morgan fingerprint density at radius 2 is 1.79 bits per heavy atom. The van der Waals surface area contributed by atoms with E-state index in [4.69, 9.17) is 0 Å². The third-order valence-corrected chi connectivity index (χ3v) is 5.02. The molecule has 150 valence electrons. The van der Waals surface area contributed by atoms with Crippen molar-refractivity contribution in [1.29, 1.82) is 0 Å². The largest absolute Gasteiger partial charge is 0.333 e. The van der Waals surface area contributed by atoms with E-state index in [1.165, 1.54) is 11.8 Å². The van der Waals surface area contributed by atoms with Crippen molar-refractivity contribution in [2.45, 2.75) is 31.6 Å². The van der Waals surface area contributed by atoms with Gasteiger partial charge in [-0.15, -0.1) is 11.8 Å². The zero-order valence-corrected chi connectivity index (χ0v) is 16.8. The van der Waals surface area contributed by atoms with Gasteiger partial charge in [-0.05, 0) is 37.6 Å². The Morgan fingerprint density at radius 1 is 1.11 bits per heavy atom. The Morgan fingerprint density at radius 3 is 2.43 bits per heavy atom. The van der Waals surface area contributed by atoms with Crippen LogP contribution in [0.4, 0.5) is 14.5 Å². The number of anilines is 1. The first-order valence-electron chi connectivity index (χ1n) is 9.06. The maximum Gasteiger partial charge on any atom is 0.255 e. The zero-order chi connectivity index (χ0) is 20.5. The van der Waals surface area contributed by atoms with Gasteiger partial charge in [0.2, 0.25) is 5.91 Å². The van der Waals surface area contributed by atoms with Gasteiger partial charge in [0.1, 0.15) is 0 Å². The van der Waals surface area contributed by atoms with Gasteiger partial charge in [-0.2, -0.15) is 0 Å². The van der Waals surface area contributed by atoms with Crippen LogP contribution in [0.15, 0.2) is 53.4 Å². The number of nitrogens with zero attached hydrogens (tertiary/aromatic N) is 1. The highest BCUT2D eigenvalue weighted by Gasteiger charge is 2.21. The number of amides is 2. The Labute approximate surface area is 168 Å². The van der Waals surface area contributed by atoms with Crippen molar-refractivity contribution in [3.63, 3.8) is 0 Å². The molecule has 0 aromatic heterocycles. The summed E-state index contributed by atoms with van der Waals surface area (Å²) >= 11 is 1.21. The van der Waals surface area contributed by atoms with E-state index in [0.717, 1.165) is 10.5 Å².